The quantitative estimate of drug-likeness (QED) is 0.388. The van der Waals surface area contributed by atoms with Crippen molar-refractivity contribution in [3.63, 3.8) is 0 Å². The zero-order chi connectivity index (χ0) is 12.4. The van der Waals surface area contributed by atoms with Crippen molar-refractivity contribution >= 4 is 5.97 Å². The maximum Gasteiger partial charge on any atom is 0.333 e. The van der Waals surface area contributed by atoms with Crippen molar-refractivity contribution in [2.24, 2.45) is 5.92 Å². The van der Waals surface area contributed by atoms with Gasteiger partial charge in [0.2, 0.25) is 0 Å². The Kier molecular flexibility index (Phi) is 8.85. The molecule has 0 saturated heterocycles. The van der Waals surface area contributed by atoms with Gasteiger partial charge in [-0.3, -0.25) is 0 Å². The molecule has 1 unspecified atom stereocenters. The molecule has 1 N–H and O–H groups in total. The second kappa shape index (κ2) is 9.36. The van der Waals surface area contributed by atoms with Crippen LogP contribution in [0.2, 0.25) is 0 Å². The zero-order valence-electron chi connectivity index (χ0n) is 10.7. The fourth-order valence-electron chi connectivity index (χ4n) is 1.37. The first-order chi connectivity index (χ1) is 7.65. The summed E-state index contributed by atoms with van der Waals surface area (Å²) >= 11 is 0. The van der Waals surface area contributed by atoms with Gasteiger partial charge >= 0.3 is 5.97 Å². The zero-order valence-corrected chi connectivity index (χ0v) is 10.7. The topological polar surface area (TPSA) is 47.6 Å². The van der Waals surface area contributed by atoms with Gasteiger partial charge in [0, 0.05) is 32.4 Å². The first-order valence-corrected chi connectivity index (χ1v) is 5.62. The number of esters is 1. The highest BCUT2D eigenvalue weighted by atomic mass is 16.5. The van der Waals surface area contributed by atoms with E-state index in [0.29, 0.717) is 18.9 Å². The van der Waals surface area contributed by atoms with Crippen LogP contribution in [0.4, 0.5) is 0 Å². The van der Waals surface area contributed by atoms with Crippen LogP contribution in [-0.2, 0) is 14.3 Å². The van der Waals surface area contributed by atoms with Crippen molar-refractivity contribution < 1.29 is 14.3 Å². The summed E-state index contributed by atoms with van der Waals surface area (Å²) in [6, 6.07) is 0. The van der Waals surface area contributed by atoms with Crippen molar-refractivity contribution in [3.05, 3.63) is 11.6 Å². The number of carbonyl (C=O) groups is 1. The van der Waals surface area contributed by atoms with Crippen molar-refractivity contribution in [2.45, 2.75) is 20.3 Å². The van der Waals surface area contributed by atoms with E-state index in [0.717, 1.165) is 18.7 Å². The minimum absolute atomic E-state index is 0.241. The third-order valence-corrected chi connectivity index (χ3v) is 2.27. The Hall–Kier alpha value is -0.870. The van der Waals surface area contributed by atoms with Crippen molar-refractivity contribution in [2.75, 3.05) is 33.9 Å². The Morgan fingerprint density at radius 3 is 2.62 bits per heavy atom. The molecule has 4 heteroatoms. The van der Waals surface area contributed by atoms with E-state index in [1.807, 2.05) is 13.0 Å². The van der Waals surface area contributed by atoms with Gasteiger partial charge in [-0.05, 0) is 12.3 Å². The van der Waals surface area contributed by atoms with E-state index in [9.17, 15) is 4.79 Å². The molecular formula is C12H23NO3. The first kappa shape index (κ1) is 15.1. The van der Waals surface area contributed by atoms with Gasteiger partial charge in [-0.1, -0.05) is 19.9 Å². The Morgan fingerprint density at radius 2 is 2.12 bits per heavy atom. The highest BCUT2D eigenvalue weighted by Gasteiger charge is 2.05. The van der Waals surface area contributed by atoms with Crippen LogP contribution in [-0.4, -0.2) is 39.9 Å². The summed E-state index contributed by atoms with van der Waals surface area (Å²) in [5.41, 5.74) is 0.717. The number of hydrogen-bond donors (Lipinski definition) is 1. The van der Waals surface area contributed by atoms with Crippen LogP contribution in [0.1, 0.15) is 20.3 Å². The Labute approximate surface area is 98.0 Å². The molecule has 1 atom stereocenters. The third-order valence-electron chi connectivity index (χ3n) is 2.27. The maximum atomic E-state index is 11.2. The number of methoxy groups -OCH3 is 2. The highest BCUT2D eigenvalue weighted by Crippen LogP contribution is 2.01. The lowest BCUT2D eigenvalue weighted by molar-refractivity contribution is -0.136. The van der Waals surface area contributed by atoms with E-state index < -0.39 is 0 Å². The monoisotopic (exact) mass is 229 g/mol. The molecule has 0 bridgehead atoms. The Balaban J connectivity index is 3.84. The lowest BCUT2D eigenvalue weighted by Crippen LogP contribution is -2.24. The molecule has 0 aromatic heterocycles. The van der Waals surface area contributed by atoms with Crippen LogP contribution in [0, 0.1) is 5.92 Å². The van der Waals surface area contributed by atoms with Gasteiger partial charge in [0.25, 0.3) is 0 Å². The Morgan fingerprint density at radius 1 is 1.44 bits per heavy atom. The highest BCUT2D eigenvalue weighted by molar-refractivity contribution is 5.88. The fraction of sp³-hybridized carbons (Fsp3) is 0.750. The van der Waals surface area contributed by atoms with E-state index in [1.54, 1.807) is 7.11 Å². The van der Waals surface area contributed by atoms with Crippen molar-refractivity contribution in [1.82, 2.24) is 5.32 Å². The summed E-state index contributed by atoms with van der Waals surface area (Å²) in [5, 5.41) is 3.25. The number of nitrogens with one attached hydrogen (secondary N) is 1. The molecule has 0 aliphatic carbocycles. The molecule has 0 radical (unpaired) electrons. The standard InChI is InChI=1S/C12H23NO3/c1-5-11(12(14)16-4)6-7-13-8-10(2)9-15-3/h6,10,13H,5,7-9H2,1-4H3. The number of rotatable bonds is 8. The molecule has 0 spiro atoms. The Bertz CT molecular complexity index is 226. The normalized spacial score (nSPS) is 13.6. The minimum Gasteiger partial charge on any atom is -0.466 e. The molecule has 4 nitrogen and oxygen atoms in total. The molecule has 0 heterocycles. The summed E-state index contributed by atoms with van der Waals surface area (Å²) in [6.45, 7) is 6.36. The largest absolute Gasteiger partial charge is 0.466 e. The summed E-state index contributed by atoms with van der Waals surface area (Å²) in [7, 11) is 3.10. The fourth-order valence-corrected chi connectivity index (χ4v) is 1.37. The number of carbonyl (C=O) groups excluding carboxylic acids is 1. The SMILES string of the molecule is CCC(=CCNCC(C)COC)C(=O)OC. The molecule has 94 valence electrons. The molecule has 0 rings (SSSR count). The summed E-state index contributed by atoms with van der Waals surface area (Å²) in [5.74, 6) is 0.232. The average molecular weight is 229 g/mol. The lowest BCUT2D eigenvalue weighted by atomic mass is 10.2. The number of hydrogen-bond acceptors (Lipinski definition) is 4. The van der Waals surface area contributed by atoms with Gasteiger partial charge in [0.1, 0.15) is 0 Å². The van der Waals surface area contributed by atoms with Crippen LogP contribution in [0.3, 0.4) is 0 Å². The van der Waals surface area contributed by atoms with Crippen molar-refractivity contribution in [3.8, 4) is 0 Å². The van der Waals surface area contributed by atoms with Crippen LogP contribution in [0.15, 0.2) is 11.6 Å². The minimum atomic E-state index is -0.241. The molecule has 0 amide bonds. The van der Waals surface area contributed by atoms with E-state index in [1.165, 1.54) is 7.11 Å². The smallest absolute Gasteiger partial charge is 0.333 e. The predicted molar refractivity (Wildman–Crippen MR) is 64.3 cm³/mol. The third kappa shape index (κ3) is 6.58. The van der Waals surface area contributed by atoms with Gasteiger partial charge in [0.15, 0.2) is 0 Å². The summed E-state index contributed by atoms with van der Waals surface area (Å²) in [6.07, 6.45) is 2.58. The van der Waals surface area contributed by atoms with Gasteiger partial charge in [-0.25, -0.2) is 4.79 Å². The predicted octanol–water partition coefficient (Wildman–Crippen LogP) is 1.37. The molecule has 0 aliphatic heterocycles. The van der Waals surface area contributed by atoms with Gasteiger partial charge in [-0.2, -0.15) is 0 Å². The van der Waals surface area contributed by atoms with Crippen LogP contribution < -0.4 is 5.32 Å². The molecule has 0 saturated carbocycles. The summed E-state index contributed by atoms with van der Waals surface area (Å²) < 4.78 is 9.69. The van der Waals surface area contributed by atoms with E-state index >= 15 is 0 Å². The van der Waals surface area contributed by atoms with Gasteiger partial charge in [-0.15, -0.1) is 0 Å². The van der Waals surface area contributed by atoms with Gasteiger partial charge in [0.05, 0.1) is 7.11 Å². The second-order valence-corrected chi connectivity index (χ2v) is 3.79. The van der Waals surface area contributed by atoms with Gasteiger partial charge < -0.3 is 14.8 Å². The maximum absolute atomic E-state index is 11.2. The molecule has 0 fully saturated rings. The average Bonchev–Trinajstić information content (AvgIpc) is 2.28. The molecule has 0 aromatic carbocycles. The number of ether oxygens (including phenoxy) is 2. The van der Waals surface area contributed by atoms with Crippen LogP contribution in [0.5, 0.6) is 0 Å². The second-order valence-electron chi connectivity index (χ2n) is 3.79. The van der Waals surface area contributed by atoms with E-state index in [-0.39, 0.29) is 5.97 Å². The molecular weight excluding hydrogens is 206 g/mol. The molecule has 16 heavy (non-hydrogen) atoms. The lowest BCUT2D eigenvalue weighted by Gasteiger charge is -2.10. The molecule has 0 aromatic rings. The van der Waals surface area contributed by atoms with E-state index in [4.69, 9.17) is 4.74 Å². The van der Waals surface area contributed by atoms with Crippen LogP contribution in [0.25, 0.3) is 0 Å². The van der Waals surface area contributed by atoms with Crippen molar-refractivity contribution in [1.29, 1.82) is 0 Å². The molecule has 0 aliphatic rings. The summed E-state index contributed by atoms with van der Waals surface area (Å²) in [4.78, 5) is 11.2. The van der Waals surface area contributed by atoms with Crippen LogP contribution >= 0.6 is 0 Å². The first-order valence-electron chi connectivity index (χ1n) is 5.62. The van der Waals surface area contributed by atoms with E-state index in [2.05, 4.69) is 17.0 Å².